The lowest BCUT2D eigenvalue weighted by Gasteiger charge is -2.38. The number of nitrogens with one attached hydrogen (secondary N) is 2. The molecule has 1 saturated carbocycles. The molecule has 1 aromatic carbocycles. The third-order valence-electron chi connectivity index (χ3n) is 7.76. The summed E-state index contributed by atoms with van der Waals surface area (Å²) >= 11 is 6.69. The minimum absolute atomic E-state index is 0.158. The second-order valence-corrected chi connectivity index (χ2v) is 11.3. The number of halogens is 1. The number of hydrogen-bond acceptors (Lipinski definition) is 9. The zero-order chi connectivity index (χ0) is 27.7. The Hall–Kier alpha value is -2.72. The summed E-state index contributed by atoms with van der Waals surface area (Å²) in [4.78, 5) is 12.6. The molecule has 210 valence electrons. The average Bonchev–Trinajstić information content (AvgIpc) is 3.69. The zero-order valence-electron chi connectivity index (χ0n) is 23.4. The predicted molar refractivity (Wildman–Crippen MR) is 153 cm³/mol. The standard InChI is InChI=1S/C29H39ClN6O3/c1-16-12-20(10-11-36(16)21-6-7-21)32-28-17(2)27(26-18(3)35-39-19(26)4)33-29(34-28)24-13-23(8-9-25(24)30)38-15-22(37)14-31-5/h8-9,13,16,20-22,31,37H,6-7,10-12,14-15H2,1-5H3,(H,32,33,34)/t16-,20-,22-/m1/s1. The first-order valence-corrected chi connectivity index (χ1v) is 14.2. The van der Waals surface area contributed by atoms with Crippen LogP contribution < -0.4 is 15.4 Å². The van der Waals surface area contributed by atoms with E-state index < -0.39 is 6.10 Å². The van der Waals surface area contributed by atoms with Gasteiger partial charge in [-0.1, -0.05) is 16.8 Å². The molecule has 9 nitrogen and oxygen atoms in total. The Morgan fingerprint density at radius 3 is 2.67 bits per heavy atom. The normalized spacial score (nSPS) is 20.7. The highest BCUT2D eigenvalue weighted by atomic mass is 35.5. The average molecular weight is 555 g/mol. The van der Waals surface area contributed by atoms with Crippen LogP contribution in [-0.2, 0) is 0 Å². The van der Waals surface area contributed by atoms with Crippen molar-refractivity contribution >= 4 is 17.4 Å². The van der Waals surface area contributed by atoms with Crippen LogP contribution in [0.3, 0.4) is 0 Å². The van der Waals surface area contributed by atoms with E-state index in [1.54, 1.807) is 19.2 Å². The SMILES string of the molecule is CNC[C@@H](O)COc1ccc(Cl)c(-c2nc(N[C@@H]3CCN(C4CC4)[C@H](C)C3)c(C)c(-c3c(C)noc3C)n2)c1. The van der Waals surface area contributed by atoms with Gasteiger partial charge in [0.25, 0.3) is 0 Å². The summed E-state index contributed by atoms with van der Waals surface area (Å²) in [6, 6.07) is 7.01. The van der Waals surface area contributed by atoms with E-state index in [1.165, 1.54) is 12.8 Å². The summed E-state index contributed by atoms with van der Waals surface area (Å²) in [5.41, 5.74) is 4.03. The van der Waals surface area contributed by atoms with Crippen LogP contribution in [0.1, 0.15) is 49.6 Å². The molecule has 0 spiro atoms. The highest BCUT2D eigenvalue weighted by molar-refractivity contribution is 6.33. The Morgan fingerprint density at radius 1 is 1.21 bits per heavy atom. The van der Waals surface area contributed by atoms with Gasteiger partial charge in [-0.15, -0.1) is 0 Å². The van der Waals surface area contributed by atoms with E-state index in [1.807, 2.05) is 26.8 Å². The second-order valence-electron chi connectivity index (χ2n) is 10.9. The number of nitrogens with zero attached hydrogens (tertiary/aromatic N) is 4. The number of aliphatic hydroxyl groups is 1. The number of aromatic nitrogens is 3. The summed E-state index contributed by atoms with van der Waals surface area (Å²) in [7, 11) is 1.79. The van der Waals surface area contributed by atoms with Crippen LogP contribution in [0.4, 0.5) is 5.82 Å². The molecule has 1 aliphatic heterocycles. The smallest absolute Gasteiger partial charge is 0.163 e. The number of rotatable bonds is 10. The molecule has 2 aliphatic rings. The molecule has 39 heavy (non-hydrogen) atoms. The number of hydrogen-bond donors (Lipinski definition) is 3. The molecule has 0 unspecified atom stereocenters. The molecule has 3 heterocycles. The third kappa shape index (κ3) is 6.22. The Balaban J connectivity index is 1.49. The molecular weight excluding hydrogens is 516 g/mol. The topological polar surface area (TPSA) is 109 Å². The Kier molecular flexibility index (Phi) is 8.42. The van der Waals surface area contributed by atoms with Crippen molar-refractivity contribution < 1.29 is 14.4 Å². The highest BCUT2D eigenvalue weighted by Crippen LogP contribution is 2.37. The molecule has 5 rings (SSSR count). The van der Waals surface area contributed by atoms with Gasteiger partial charge in [0.1, 0.15) is 30.0 Å². The van der Waals surface area contributed by atoms with Crippen molar-refractivity contribution in [1.29, 1.82) is 0 Å². The minimum Gasteiger partial charge on any atom is -0.491 e. The summed E-state index contributed by atoms with van der Waals surface area (Å²) < 4.78 is 11.4. The summed E-state index contributed by atoms with van der Waals surface area (Å²) in [6.07, 6.45) is 4.17. The Labute approximate surface area is 235 Å². The maximum Gasteiger partial charge on any atom is 0.163 e. The molecule has 0 amide bonds. The summed E-state index contributed by atoms with van der Waals surface area (Å²) in [5.74, 6) is 2.58. The number of benzene rings is 1. The first-order valence-electron chi connectivity index (χ1n) is 13.8. The number of ether oxygens (including phenoxy) is 1. The second kappa shape index (κ2) is 11.8. The molecule has 2 fully saturated rings. The van der Waals surface area contributed by atoms with Crippen molar-refractivity contribution in [2.24, 2.45) is 0 Å². The van der Waals surface area contributed by atoms with Crippen LogP contribution in [0.2, 0.25) is 5.02 Å². The highest BCUT2D eigenvalue weighted by Gasteiger charge is 2.36. The number of anilines is 1. The van der Waals surface area contributed by atoms with Crippen LogP contribution in [0.25, 0.3) is 22.6 Å². The van der Waals surface area contributed by atoms with Gasteiger partial charge in [-0.05, 0) is 78.6 Å². The van der Waals surface area contributed by atoms with E-state index in [-0.39, 0.29) is 6.61 Å². The van der Waals surface area contributed by atoms with E-state index in [9.17, 15) is 5.11 Å². The molecule has 10 heteroatoms. The zero-order valence-corrected chi connectivity index (χ0v) is 24.2. The fourth-order valence-corrected chi connectivity index (χ4v) is 5.76. The van der Waals surface area contributed by atoms with Gasteiger partial charge in [0.2, 0.25) is 0 Å². The number of aliphatic hydroxyl groups excluding tert-OH is 1. The molecule has 0 radical (unpaired) electrons. The summed E-state index contributed by atoms with van der Waals surface area (Å²) in [5, 5.41) is 21.5. The van der Waals surface area contributed by atoms with E-state index in [4.69, 9.17) is 30.8 Å². The van der Waals surface area contributed by atoms with E-state index >= 15 is 0 Å². The van der Waals surface area contributed by atoms with Crippen LogP contribution in [0.15, 0.2) is 22.7 Å². The fraction of sp³-hybridized carbons (Fsp3) is 0.552. The lowest BCUT2D eigenvalue weighted by atomic mass is 9.97. The third-order valence-corrected chi connectivity index (χ3v) is 8.09. The van der Waals surface area contributed by atoms with Crippen LogP contribution in [-0.4, -0.2) is 76.1 Å². The molecule has 3 N–H and O–H groups in total. The van der Waals surface area contributed by atoms with E-state index in [0.717, 1.165) is 53.8 Å². The predicted octanol–water partition coefficient (Wildman–Crippen LogP) is 4.76. The molecule has 1 aliphatic carbocycles. The van der Waals surface area contributed by atoms with Crippen molar-refractivity contribution in [3.05, 3.63) is 40.2 Å². The maximum absolute atomic E-state index is 10.1. The van der Waals surface area contributed by atoms with Gasteiger partial charge in [-0.3, -0.25) is 4.90 Å². The monoisotopic (exact) mass is 554 g/mol. The molecule has 3 aromatic rings. The number of aryl methyl sites for hydroxylation is 2. The first-order chi connectivity index (χ1) is 18.7. The molecule has 2 aromatic heterocycles. The quantitative estimate of drug-likeness (QED) is 0.326. The fourth-order valence-electron chi connectivity index (χ4n) is 5.56. The van der Waals surface area contributed by atoms with Crippen LogP contribution in [0.5, 0.6) is 5.75 Å². The van der Waals surface area contributed by atoms with Crippen LogP contribution in [0, 0.1) is 20.8 Å². The summed E-state index contributed by atoms with van der Waals surface area (Å²) in [6.45, 7) is 9.89. The molecule has 3 atom stereocenters. The molecule has 1 saturated heterocycles. The molecular formula is C29H39ClN6O3. The van der Waals surface area contributed by atoms with Crippen molar-refractivity contribution in [2.45, 2.75) is 77.6 Å². The minimum atomic E-state index is -0.625. The largest absolute Gasteiger partial charge is 0.491 e. The van der Waals surface area contributed by atoms with Crippen molar-refractivity contribution in [2.75, 3.05) is 32.1 Å². The van der Waals surface area contributed by atoms with Gasteiger partial charge in [-0.2, -0.15) is 0 Å². The van der Waals surface area contributed by atoms with Crippen molar-refractivity contribution in [3.8, 4) is 28.4 Å². The van der Waals surface area contributed by atoms with E-state index in [2.05, 4.69) is 27.6 Å². The lowest BCUT2D eigenvalue weighted by molar-refractivity contribution is 0.108. The maximum atomic E-state index is 10.1. The Bertz CT molecular complexity index is 1290. The van der Waals surface area contributed by atoms with Gasteiger partial charge < -0.3 is 25.0 Å². The van der Waals surface area contributed by atoms with Gasteiger partial charge in [-0.25, -0.2) is 9.97 Å². The number of likely N-dealkylation sites (N-methyl/N-ethyl adjacent to an activating group) is 1. The number of piperidine rings is 1. The molecule has 0 bridgehead atoms. The van der Waals surface area contributed by atoms with Gasteiger partial charge in [0, 0.05) is 42.3 Å². The lowest BCUT2D eigenvalue weighted by Crippen LogP contribution is -2.46. The van der Waals surface area contributed by atoms with Crippen molar-refractivity contribution in [3.63, 3.8) is 0 Å². The van der Waals surface area contributed by atoms with Crippen molar-refractivity contribution in [1.82, 2.24) is 25.3 Å². The van der Waals surface area contributed by atoms with Gasteiger partial charge in [0.15, 0.2) is 5.82 Å². The number of likely N-dealkylation sites (tertiary alicyclic amines) is 1. The van der Waals surface area contributed by atoms with Gasteiger partial charge >= 0.3 is 0 Å². The van der Waals surface area contributed by atoms with Gasteiger partial charge in [0.05, 0.1) is 22.0 Å². The van der Waals surface area contributed by atoms with Crippen LogP contribution >= 0.6 is 11.6 Å². The van der Waals surface area contributed by atoms with E-state index in [0.29, 0.717) is 46.5 Å². The first kappa shape index (κ1) is 27.8. The Morgan fingerprint density at radius 2 is 2.00 bits per heavy atom.